The number of carbonyl (C=O) groups is 1. The lowest BCUT2D eigenvalue weighted by Gasteiger charge is -2.11. The maximum absolute atomic E-state index is 12.4. The van der Waals surface area contributed by atoms with E-state index in [9.17, 15) is 13.2 Å². The monoisotopic (exact) mass is 430 g/mol. The largest absolute Gasteiger partial charge is 0.484 e. The van der Waals surface area contributed by atoms with Gasteiger partial charge >= 0.3 is 0 Å². The Bertz CT molecular complexity index is 880. The van der Waals surface area contributed by atoms with E-state index in [1.54, 1.807) is 0 Å². The predicted molar refractivity (Wildman–Crippen MR) is 107 cm³/mol. The van der Waals surface area contributed by atoms with Crippen molar-refractivity contribution in [3.8, 4) is 5.75 Å². The Balaban J connectivity index is 1.99. The summed E-state index contributed by atoms with van der Waals surface area (Å²) < 4.78 is 32.7. The van der Waals surface area contributed by atoms with Gasteiger partial charge in [-0.3, -0.25) is 9.52 Å². The van der Waals surface area contributed by atoms with Crippen molar-refractivity contribution in [2.24, 2.45) is 5.92 Å². The van der Waals surface area contributed by atoms with Crippen LogP contribution in [0.5, 0.6) is 5.75 Å². The van der Waals surface area contributed by atoms with Crippen LogP contribution in [0.25, 0.3) is 0 Å². The molecular formula is C18H20Cl2N2O4S. The average molecular weight is 431 g/mol. The smallest absolute Gasteiger partial charge is 0.261 e. The SMILES string of the molecule is CC(C)CNC(=O)COc1ccc(S(=O)(=O)Nc2cc(Cl)cc(Cl)c2)cc1. The van der Waals surface area contributed by atoms with Gasteiger partial charge < -0.3 is 10.1 Å². The molecule has 0 spiro atoms. The molecule has 0 radical (unpaired) electrons. The molecule has 6 nitrogen and oxygen atoms in total. The number of hydrogen-bond acceptors (Lipinski definition) is 4. The summed E-state index contributed by atoms with van der Waals surface area (Å²) in [5, 5.41) is 3.37. The molecule has 2 aromatic carbocycles. The molecule has 2 rings (SSSR count). The average Bonchev–Trinajstić information content (AvgIpc) is 2.57. The van der Waals surface area contributed by atoms with Crippen molar-refractivity contribution >= 4 is 44.8 Å². The van der Waals surface area contributed by atoms with E-state index in [-0.39, 0.29) is 23.1 Å². The maximum atomic E-state index is 12.4. The van der Waals surface area contributed by atoms with Crippen molar-refractivity contribution in [2.45, 2.75) is 18.7 Å². The molecule has 0 aliphatic carbocycles. The highest BCUT2D eigenvalue weighted by atomic mass is 35.5. The summed E-state index contributed by atoms with van der Waals surface area (Å²) in [7, 11) is -3.82. The molecule has 0 atom stereocenters. The number of halogens is 2. The number of carbonyl (C=O) groups excluding carboxylic acids is 1. The maximum Gasteiger partial charge on any atom is 0.261 e. The first-order chi connectivity index (χ1) is 12.7. The fourth-order valence-electron chi connectivity index (χ4n) is 2.06. The molecular weight excluding hydrogens is 411 g/mol. The minimum absolute atomic E-state index is 0.0372. The van der Waals surface area contributed by atoms with E-state index in [4.69, 9.17) is 27.9 Å². The van der Waals surface area contributed by atoms with E-state index in [0.717, 1.165) is 0 Å². The van der Waals surface area contributed by atoms with Crippen LogP contribution in [0.4, 0.5) is 5.69 Å². The fraction of sp³-hybridized carbons (Fsp3) is 0.278. The van der Waals surface area contributed by atoms with Gasteiger partial charge in [0.05, 0.1) is 10.6 Å². The third kappa shape index (κ3) is 6.93. The molecule has 0 aromatic heterocycles. The highest BCUT2D eigenvalue weighted by Gasteiger charge is 2.15. The third-order valence-electron chi connectivity index (χ3n) is 3.33. The normalized spacial score (nSPS) is 11.3. The molecule has 9 heteroatoms. The van der Waals surface area contributed by atoms with Gasteiger partial charge in [-0.25, -0.2) is 8.42 Å². The van der Waals surface area contributed by atoms with Crippen molar-refractivity contribution in [1.29, 1.82) is 0 Å². The van der Waals surface area contributed by atoms with E-state index in [1.807, 2.05) is 13.8 Å². The third-order valence-corrected chi connectivity index (χ3v) is 5.16. The Morgan fingerprint density at radius 2 is 1.67 bits per heavy atom. The Morgan fingerprint density at radius 1 is 1.07 bits per heavy atom. The summed E-state index contributed by atoms with van der Waals surface area (Å²) in [6, 6.07) is 10.1. The molecule has 0 aliphatic rings. The van der Waals surface area contributed by atoms with Gasteiger partial charge in [0, 0.05) is 16.6 Å². The van der Waals surface area contributed by atoms with Crippen LogP contribution in [-0.4, -0.2) is 27.5 Å². The van der Waals surface area contributed by atoms with Crippen molar-refractivity contribution in [3.63, 3.8) is 0 Å². The van der Waals surface area contributed by atoms with Crippen LogP contribution in [0, 0.1) is 5.92 Å². The van der Waals surface area contributed by atoms with E-state index in [1.165, 1.54) is 42.5 Å². The summed E-state index contributed by atoms with van der Waals surface area (Å²) in [5.41, 5.74) is 0.259. The molecule has 2 N–H and O–H groups in total. The standard InChI is InChI=1S/C18H20Cl2N2O4S/c1-12(2)10-21-18(23)11-26-16-3-5-17(6-4-16)27(24,25)22-15-8-13(19)7-14(20)9-15/h3-9,12,22H,10-11H2,1-2H3,(H,21,23). The Labute approximate surface area is 168 Å². The molecule has 0 heterocycles. The molecule has 0 aliphatic heterocycles. The first-order valence-electron chi connectivity index (χ1n) is 8.14. The number of anilines is 1. The second-order valence-electron chi connectivity index (χ2n) is 6.22. The van der Waals surface area contributed by atoms with Gasteiger partial charge in [-0.15, -0.1) is 0 Å². The number of rotatable bonds is 8. The lowest BCUT2D eigenvalue weighted by atomic mass is 10.2. The van der Waals surface area contributed by atoms with Gasteiger partial charge in [0.2, 0.25) is 0 Å². The minimum Gasteiger partial charge on any atom is -0.484 e. The minimum atomic E-state index is -3.82. The van der Waals surface area contributed by atoms with Crippen LogP contribution in [0.15, 0.2) is 47.4 Å². The number of amides is 1. The fourth-order valence-corrected chi connectivity index (χ4v) is 3.63. The molecule has 1 amide bonds. The van der Waals surface area contributed by atoms with Crippen LogP contribution < -0.4 is 14.8 Å². The summed E-state index contributed by atoms with van der Waals surface area (Å²) in [6.07, 6.45) is 0. The number of sulfonamides is 1. The Morgan fingerprint density at radius 3 is 2.22 bits per heavy atom. The zero-order chi connectivity index (χ0) is 20.0. The highest BCUT2D eigenvalue weighted by Crippen LogP contribution is 2.25. The van der Waals surface area contributed by atoms with Crippen LogP contribution in [0.2, 0.25) is 10.0 Å². The first kappa shape index (κ1) is 21.3. The predicted octanol–water partition coefficient (Wildman–Crippen LogP) is 3.95. The van der Waals surface area contributed by atoms with Crippen LogP contribution in [-0.2, 0) is 14.8 Å². The summed E-state index contributed by atoms with van der Waals surface area (Å²) >= 11 is 11.8. The topological polar surface area (TPSA) is 84.5 Å². The van der Waals surface area contributed by atoms with Crippen molar-refractivity contribution in [3.05, 3.63) is 52.5 Å². The molecule has 27 heavy (non-hydrogen) atoms. The van der Waals surface area contributed by atoms with Crippen LogP contribution in [0.1, 0.15) is 13.8 Å². The van der Waals surface area contributed by atoms with Gasteiger partial charge in [-0.2, -0.15) is 0 Å². The lowest BCUT2D eigenvalue weighted by Crippen LogP contribution is -2.31. The van der Waals surface area contributed by atoms with Gasteiger partial charge in [0.25, 0.3) is 15.9 Å². The zero-order valence-electron chi connectivity index (χ0n) is 14.8. The molecule has 0 bridgehead atoms. The molecule has 0 fully saturated rings. The molecule has 0 unspecified atom stereocenters. The molecule has 146 valence electrons. The van der Waals surface area contributed by atoms with Gasteiger partial charge in [0.15, 0.2) is 6.61 Å². The van der Waals surface area contributed by atoms with E-state index < -0.39 is 10.0 Å². The van der Waals surface area contributed by atoms with Gasteiger partial charge in [-0.1, -0.05) is 37.0 Å². The van der Waals surface area contributed by atoms with E-state index in [2.05, 4.69) is 10.0 Å². The van der Waals surface area contributed by atoms with E-state index in [0.29, 0.717) is 28.3 Å². The molecule has 0 saturated carbocycles. The Kier molecular flexibility index (Phi) is 7.35. The molecule has 2 aromatic rings. The van der Waals surface area contributed by atoms with E-state index >= 15 is 0 Å². The number of benzene rings is 2. The van der Waals surface area contributed by atoms with Gasteiger partial charge in [0.1, 0.15) is 5.75 Å². The number of ether oxygens (including phenoxy) is 1. The second kappa shape index (κ2) is 9.30. The van der Waals surface area contributed by atoms with Crippen molar-refractivity contribution in [2.75, 3.05) is 17.9 Å². The first-order valence-corrected chi connectivity index (χ1v) is 10.4. The highest BCUT2D eigenvalue weighted by molar-refractivity contribution is 7.92. The number of hydrogen-bond donors (Lipinski definition) is 2. The summed E-state index contributed by atoms with van der Waals surface area (Å²) in [4.78, 5) is 11.7. The zero-order valence-corrected chi connectivity index (χ0v) is 17.2. The van der Waals surface area contributed by atoms with Crippen LogP contribution >= 0.6 is 23.2 Å². The van der Waals surface area contributed by atoms with Gasteiger partial charge in [-0.05, 0) is 48.4 Å². The Hall–Kier alpha value is -1.96. The van der Waals surface area contributed by atoms with Crippen molar-refractivity contribution < 1.29 is 17.9 Å². The molecule has 0 saturated heterocycles. The van der Waals surface area contributed by atoms with Crippen LogP contribution in [0.3, 0.4) is 0 Å². The number of nitrogens with one attached hydrogen (secondary N) is 2. The summed E-state index contributed by atoms with van der Waals surface area (Å²) in [6.45, 7) is 4.41. The summed E-state index contributed by atoms with van der Waals surface area (Å²) in [5.74, 6) is 0.500. The quantitative estimate of drug-likeness (QED) is 0.663. The van der Waals surface area contributed by atoms with Crippen molar-refractivity contribution in [1.82, 2.24) is 5.32 Å². The lowest BCUT2D eigenvalue weighted by molar-refractivity contribution is -0.123. The second-order valence-corrected chi connectivity index (χ2v) is 8.78.